The first-order valence-corrected chi connectivity index (χ1v) is 6.29. The molecule has 0 atom stereocenters. The molecule has 0 aliphatic heterocycles. The highest BCUT2D eigenvalue weighted by molar-refractivity contribution is 5.89. The molecule has 0 spiro atoms. The Bertz CT molecular complexity index is 532. The van der Waals surface area contributed by atoms with Crippen molar-refractivity contribution < 1.29 is 9.63 Å². The molecule has 0 aliphatic rings. The lowest BCUT2D eigenvalue weighted by Crippen LogP contribution is -2.10. The van der Waals surface area contributed by atoms with Crippen LogP contribution in [0.2, 0.25) is 0 Å². The highest BCUT2D eigenvalue weighted by Crippen LogP contribution is 2.15. The predicted molar refractivity (Wildman–Crippen MR) is 76.0 cm³/mol. The van der Waals surface area contributed by atoms with E-state index in [9.17, 15) is 4.79 Å². The molecule has 2 rings (SSSR count). The van der Waals surface area contributed by atoms with Crippen molar-refractivity contribution in [3.63, 3.8) is 0 Å². The van der Waals surface area contributed by atoms with Crippen LogP contribution in [0.4, 0.5) is 5.69 Å². The Balaban J connectivity index is 1.96. The molecule has 0 saturated carbocycles. The van der Waals surface area contributed by atoms with Gasteiger partial charge in [-0.25, -0.2) is 10.3 Å². The number of nitrogens with one attached hydrogen (secondary N) is 1. The molecule has 0 aromatic heterocycles. The molecule has 1 N–H and O–H groups in total. The fraction of sp³-hybridized carbons (Fsp3) is 0.188. The topological polar surface area (TPSA) is 38.3 Å². The van der Waals surface area contributed by atoms with Crippen LogP contribution in [0.15, 0.2) is 54.6 Å². The molecular formula is C16H17NO2. The fourth-order valence-corrected chi connectivity index (χ4v) is 1.67. The number of hydrogen-bond donors (Lipinski definition) is 1. The largest absolute Gasteiger partial charge is 0.362 e. The molecule has 0 bridgehead atoms. The summed E-state index contributed by atoms with van der Waals surface area (Å²) >= 11 is 0. The Morgan fingerprint density at radius 1 is 1.00 bits per heavy atom. The zero-order valence-corrected chi connectivity index (χ0v) is 11.1. The van der Waals surface area contributed by atoms with Gasteiger partial charge in [0, 0.05) is 0 Å². The van der Waals surface area contributed by atoms with Crippen LogP contribution < -0.4 is 5.48 Å². The Hall–Kier alpha value is -2.29. The third-order valence-electron chi connectivity index (χ3n) is 2.85. The summed E-state index contributed by atoms with van der Waals surface area (Å²) in [5.74, 6) is 0.0617. The van der Waals surface area contributed by atoms with Crippen molar-refractivity contribution >= 4 is 11.7 Å². The lowest BCUT2D eigenvalue weighted by atomic mass is 10.0. The summed E-state index contributed by atoms with van der Waals surface area (Å²) in [4.78, 5) is 16.8. The summed E-state index contributed by atoms with van der Waals surface area (Å²) in [6.45, 7) is 4.23. The molecule has 2 aromatic carbocycles. The molecule has 3 nitrogen and oxygen atoms in total. The Labute approximate surface area is 113 Å². The van der Waals surface area contributed by atoms with Crippen molar-refractivity contribution in [2.45, 2.75) is 19.8 Å². The van der Waals surface area contributed by atoms with E-state index in [-0.39, 0.29) is 5.97 Å². The highest BCUT2D eigenvalue weighted by Gasteiger charge is 2.08. The van der Waals surface area contributed by atoms with Crippen molar-refractivity contribution in [2.75, 3.05) is 5.48 Å². The minimum atomic E-state index is -0.390. The average molecular weight is 255 g/mol. The van der Waals surface area contributed by atoms with Gasteiger partial charge in [-0.15, -0.1) is 0 Å². The molecule has 2 aromatic rings. The number of hydrogen-bond acceptors (Lipinski definition) is 3. The zero-order chi connectivity index (χ0) is 13.7. The van der Waals surface area contributed by atoms with Gasteiger partial charge in [0.05, 0.1) is 11.3 Å². The van der Waals surface area contributed by atoms with Crippen LogP contribution in [0, 0.1) is 0 Å². The van der Waals surface area contributed by atoms with Crippen LogP contribution >= 0.6 is 0 Å². The number of para-hydroxylation sites is 1. The van der Waals surface area contributed by atoms with E-state index in [0.717, 1.165) is 5.69 Å². The maximum absolute atomic E-state index is 11.8. The Kier molecular flexibility index (Phi) is 4.18. The van der Waals surface area contributed by atoms with Gasteiger partial charge < -0.3 is 4.84 Å². The number of anilines is 1. The van der Waals surface area contributed by atoms with Gasteiger partial charge in [0.1, 0.15) is 0 Å². The summed E-state index contributed by atoms with van der Waals surface area (Å²) < 4.78 is 0. The van der Waals surface area contributed by atoms with Gasteiger partial charge in [-0.1, -0.05) is 44.2 Å². The normalized spacial score (nSPS) is 10.3. The summed E-state index contributed by atoms with van der Waals surface area (Å²) in [6, 6.07) is 16.8. The zero-order valence-electron chi connectivity index (χ0n) is 11.1. The van der Waals surface area contributed by atoms with E-state index in [1.165, 1.54) is 5.56 Å². The minimum absolute atomic E-state index is 0.390. The monoisotopic (exact) mass is 255 g/mol. The molecule has 0 fully saturated rings. The Morgan fingerprint density at radius 3 is 2.21 bits per heavy atom. The summed E-state index contributed by atoms with van der Waals surface area (Å²) in [5.41, 5.74) is 5.11. The summed E-state index contributed by atoms with van der Waals surface area (Å²) in [5, 5.41) is 0. The molecule has 0 aliphatic carbocycles. The molecule has 0 amide bonds. The first-order chi connectivity index (χ1) is 9.16. The van der Waals surface area contributed by atoms with Crippen LogP contribution in [0.3, 0.4) is 0 Å². The standard InChI is InChI=1S/C16H17NO2/c1-12(2)13-8-10-14(11-9-13)16(18)19-17-15-6-4-3-5-7-15/h3-12,17H,1-2H3. The van der Waals surface area contributed by atoms with E-state index in [4.69, 9.17) is 4.84 Å². The molecule has 98 valence electrons. The molecular weight excluding hydrogens is 238 g/mol. The number of carbonyl (C=O) groups excluding carboxylic acids is 1. The summed E-state index contributed by atoms with van der Waals surface area (Å²) in [7, 11) is 0. The smallest absolute Gasteiger partial charge is 0.338 e. The van der Waals surface area contributed by atoms with Gasteiger partial charge in [-0.3, -0.25) is 0 Å². The van der Waals surface area contributed by atoms with E-state index in [2.05, 4.69) is 19.3 Å². The van der Waals surface area contributed by atoms with Gasteiger partial charge >= 0.3 is 5.97 Å². The summed E-state index contributed by atoms with van der Waals surface area (Å²) in [6.07, 6.45) is 0. The molecule has 0 radical (unpaired) electrons. The second-order valence-corrected chi connectivity index (χ2v) is 4.63. The maximum atomic E-state index is 11.8. The quantitative estimate of drug-likeness (QED) is 0.839. The van der Waals surface area contributed by atoms with Crippen molar-refractivity contribution in [1.29, 1.82) is 0 Å². The number of carbonyl (C=O) groups is 1. The van der Waals surface area contributed by atoms with E-state index >= 15 is 0 Å². The Morgan fingerprint density at radius 2 is 1.63 bits per heavy atom. The molecule has 0 saturated heterocycles. The minimum Gasteiger partial charge on any atom is -0.338 e. The van der Waals surface area contributed by atoms with Gasteiger partial charge in [0.25, 0.3) is 0 Å². The van der Waals surface area contributed by atoms with Gasteiger partial charge in [-0.05, 0) is 35.7 Å². The van der Waals surface area contributed by atoms with Gasteiger partial charge in [0.2, 0.25) is 0 Å². The average Bonchev–Trinajstić information content (AvgIpc) is 2.46. The van der Waals surface area contributed by atoms with Crippen molar-refractivity contribution in [2.24, 2.45) is 0 Å². The van der Waals surface area contributed by atoms with Crippen LogP contribution in [0.5, 0.6) is 0 Å². The molecule has 0 heterocycles. The molecule has 3 heteroatoms. The van der Waals surface area contributed by atoms with Crippen LogP contribution in [0.1, 0.15) is 35.7 Å². The van der Waals surface area contributed by atoms with Crippen molar-refractivity contribution in [3.05, 3.63) is 65.7 Å². The van der Waals surface area contributed by atoms with E-state index in [1.54, 1.807) is 12.1 Å². The van der Waals surface area contributed by atoms with Crippen LogP contribution in [0.25, 0.3) is 0 Å². The fourth-order valence-electron chi connectivity index (χ4n) is 1.67. The van der Waals surface area contributed by atoms with E-state index in [0.29, 0.717) is 11.5 Å². The first kappa shape index (κ1) is 13.1. The predicted octanol–water partition coefficient (Wildman–Crippen LogP) is 3.99. The number of benzene rings is 2. The second kappa shape index (κ2) is 6.05. The second-order valence-electron chi connectivity index (χ2n) is 4.63. The van der Waals surface area contributed by atoms with Crippen molar-refractivity contribution in [1.82, 2.24) is 0 Å². The van der Waals surface area contributed by atoms with Crippen LogP contribution in [-0.2, 0) is 4.84 Å². The van der Waals surface area contributed by atoms with Crippen molar-refractivity contribution in [3.8, 4) is 0 Å². The maximum Gasteiger partial charge on any atom is 0.362 e. The van der Waals surface area contributed by atoms with Crippen LogP contribution in [-0.4, -0.2) is 5.97 Å². The first-order valence-electron chi connectivity index (χ1n) is 6.29. The van der Waals surface area contributed by atoms with E-state index in [1.807, 2.05) is 42.5 Å². The lowest BCUT2D eigenvalue weighted by Gasteiger charge is -2.08. The van der Waals surface area contributed by atoms with E-state index < -0.39 is 0 Å². The van der Waals surface area contributed by atoms with Gasteiger partial charge in [0.15, 0.2) is 0 Å². The third kappa shape index (κ3) is 3.58. The highest BCUT2D eigenvalue weighted by atomic mass is 16.7. The molecule has 19 heavy (non-hydrogen) atoms. The molecule has 0 unspecified atom stereocenters. The number of rotatable bonds is 4. The lowest BCUT2D eigenvalue weighted by molar-refractivity contribution is 0.0596. The SMILES string of the molecule is CC(C)c1ccc(C(=O)ONc2ccccc2)cc1. The third-order valence-corrected chi connectivity index (χ3v) is 2.85. The van der Waals surface area contributed by atoms with Gasteiger partial charge in [-0.2, -0.15) is 0 Å².